The van der Waals surface area contributed by atoms with E-state index in [0.717, 1.165) is 38.3 Å². The molecule has 0 aromatic rings. The third-order valence-electron chi connectivity index (χ3n) is 4.87. The molecule has 3 aliphatic rings. The lowest BCUT2D eigenvalue weighted by Crippen LogP contribution is -2.39. The van der Waals surface area contributed by atoms with E-state index in [2.05, 4.69) is 10.2 Å². The third-order valence-corrected chi connectivity index (χ3v) is 4.87. The molecule has 2 aliphatic heterocycles. The van der Waals surface area contributed by atoms with Gasteiger partial charge in [0.1, 0.15) is 0 Å². The van der Waals surface area contributed by atoms with Crippen molar-refractivity contribution in [1.82, 2.24) is 10.2 Å². The number of halogens is 1. The Labute approximate surface area is 116 Å². The average Bonchev–Trinajstić information content (AvgIpc) is 2.55. The standard InChI is InChI=1S/C14H24N2O.ClH/c17-14(7-4-11-2-1-3-11)16-9-8-12-5-6-13(10-16)15-12;/h11-13,15H,1-10H2;1H. The first-order valence-electron chi connectivity index (χ1n) is 7.35. The number of amides is 1. The van der Waals surface area contributed by atoms with E-state index < -0.39 is 0 Å². The van der Waals surface area contributed by atoms with Gasteiger partial charge in [-0.05, 0) is 31.6 Å². The van der Waals surface area contributed by atoms with Crippen molar-refractivity contribution >= 4 is 18.3 Å². The molecule has 4 heteroatoms. The second-order valence-corrected chi connectivity index (χ2v) is 6.10. The summed E-state index contributed by atoms with van der Waals surface area (Å²) in [6, 6.07) is 1.26. The van der Waals surface area contributed by atoms with Crippen LogP contribution in [0.2, 0.25) is 0 Å². The van der Waals surface area contributed by atoms with Gasteiger partial charge in [0.05, 0.1) is 0 Å². The van der Waals surface area contributed by atoms with E-state index in [1.807, 2.05) is 0 Å². The number of carbonyl (C=O) groups is 1. The quantitative estimate of drug-likeness (QED) is 0.855. The van der Waals surface area contributed by atoms with E-state index in [-0.39, 0.29) is 12.4 Å². The van der Waals surface area contributed by atoms with Crippen molar-refractivity contribution in [2.24, 2.45) is 5.92 Å². The molecule has 18 heavy (non-hydrogen) atoms. The van der Waals surface area contributed by atoms with Gasteiger partial charge in [-0.25, -0.2) is 0 Å². The predicted molar refractivity (Wildman–Crippen MR) is 75.0 cm³/mol. The molecule has 0 radical (unpaired) electrons. The molecule has 1 aliphatic carbocycles. The number of hydrogen-bond donors (Lipinski definition) is 1. The Morgan fingerprint density at radius 3 is 2.61 bits per heavy atom. The fourth-order valence-electron chi connectivity index (χ4n) is 3.44. The Morgan fingerprint density at radius 1 is 1.11 bits per heavy atom. The van der Waals surface area contributed by atoms with Crippen LogP contribution < -0.4 is 5.32 Å². The molecule has 2 heterocycles. The number of nitrogens with one attached hydrogen (secondary N) is 1. The monoisotopic (exact) mass is 272 g/mol. The number of carbonyl (C=O) groups excluding carboxylic acids is 1. The Kier molecular flexibility index (Phi) is 4.91. The van der Waals surface area contributed by atoms with Crippen LogP contribution in [0.5, 0.6) is 0 Å². The highest BCUT2D eigenvalue weighted by molar-refractivity contribution is 5.85. The zero-order valence-electron chi connectivity index (χ0n) is 11.1. The minimum Gasteiger partial charge on any atom is -0.341 e. The van der Waals surface area contributed by atoms with Crippen molar-refractivity contribution in [2.75, 3.05) is 13.1 Å². The number of hydrogen-bond acceptors (Lipinski definition) is 2. The Balaban J connectivity index is 0.00000120. The highest BCUT2D eigenvalue weighted by Crippen LogP contribution is 2.30. The van der Waals surface area contributed by atoms with Crippen molar-refractivity contribution in [3.8, 4) is 0 Å². The zero-order valence-corrected chi connectivity index (χ0v) is 11.9. The van der Waals surface area contributed by atoms with Crippen LogP contribution in [-0.2, 0) is 4.79 Å². The minimum absolute atomic E-state index is 0. The zero-order chi connectivity index (χ0) is 11.7. The molecule has 1 amide bonds. The normalized spacial score (nSPS) is 31.4. The van der Waals surface area contributed by atoms with Crippen LogP contribution in [0.1, 0.15) is 51.4 Å². The summed E-state index contributed by atoms with van der Waals surface area (Å²) in [5.41, 5.74) is 0. The van der Waals surface area contributed by atoms with Crippen LogP contribution in [0.4, 0.5) is 0 Å². The van der Waals surface area contributed by atoms with E-state index >= 15 is 0 Å². The fraction of sp³-hybridized carbons (Fsp3) is 0.929. The van der Waals surface area contributed by atoms with Gasteiger partial charge < -0.3 is 10.2 Å². The molecule has 1 saturated carbocycles. The maximum Gasteiger partial charge on any atom is 0.222 e. The van der Waals surface area contributed by atoms with E-state index in [1.165, 1.54) is 32.1 Å². The van der Waals surface area contributed by atoms with Gasteiger partial charge in [-0.2, -0.15) is 0 Å². The van der Waals surface area contributed by atoms with Gasteiger partial charge in [0.2, 0.25) is 5.91 Å². The lowest BCUT2D eigenvalue weighted by Gasteiger charge is -2.28. The largest absolute Gasteiger partial charge is 0.341 e. The van der Waals surface area contributed by atoms with E-state index in [9.17, 15) is 4.79 Å². The molecule has 0 aromatic heterocycles. The summed E-state index contributed by atoms with van der Waals surface area (Å²) < 4.78 is 0. The summed E-state index contributed by atoms with van der Waals surface area (Å²) in [6.07, 6.45) is 9.77. The van der Waals surface area contributed by atoms with Crippen LogP contribution in [0.25, 0.3) is 0 Å². The van der Waals surface area contributed by atoms with Crippen molar-refractivity contribution in [3.05, 3.63) is 0 Å². The van der Waals surface area contributed by atoms with Crippen LogP contribution in [0, 0.1) is 5.92 Å². The second-order valence-electron chi connectivity index (χ2n) is 6.10. The molecule has 0 aromatic carbocycles. The number of fused-ring (bicyclic) bond motifs is 2. The van der Waals surface area contributed by atoms with Gasteiger partial charge in [-0.3, -0.25) is 4.79 Å². The SMILES string of the molecule is Cl.O=C(CCC1CCC1)N1CCC2CCC(C1)N2. The Bertz CT molecular complexity index is 294. The van der Waals surface area contributed by atoms with Crippen LogP contribution in [0.3, 0.4) is 0 Å². The molecular formula is C14H25ClN2O. The molecule has 1 N–H and O–H groups in total. The lowest BCUT2D eigenvalue weighted by atomic mass is 9.82. The molecule has 2 bridgehead atoms. The van der Waals surface area contributed by atoms with E-state index in [0.29, 0.717) is 18.0 Å². The van der Waals surface area contributed by atoms with Gasteiger partial charge in [-0.15, -0.1) is 12.4 Å². The summed E-state index contributed by atoms with van der Waals surface area (Å²) in [5, 5.41) is 3.63. The minimum atomic E-state index is 0. The number of likely N-dealkylation sites (tertiary alicyclic amines) is 1. The van der Waals surface area contributed by atoms with Crippen molar-refractivity contribution < 1.29 is 4.79 Å². The maximum absolute atomic E-state index is 12.2. The van der Waals surface area contributed by atoms with Gasteiger partial charge in [0, 0.05) is 31.6 Å². The van der Waals surface area contributed by atoms with Crippen LogP contribution in [0.15, 0.2) is 0 Å². The first-order valence-corrected chi connectivity index (χ1v) is 7.35. The van der Waals surface area contributed by atoms with Crippen molar-refractivity contribution in [3.63, 3.8) is 0 Å². The summed E-state index contributed by atoms with van der Waals surface area (Å²) in [4.78, 5) is 14.3. The van der Waals surface area contributed by atoms with E-state index in [1.54, 1.807) is 0 Å². The highest BCUT2D eigenvalue weighted by atomic mass is 35.5. The van der Waals surface area contributed by atoms with Crippen molar-refractivity contribution in [1.29, 1.82) is 0 Å². The van der Waals surface area contributed by atoms with Gasteiger partial charge in [-0.1, -0.05) is 19.3 Å². The molecule has 2 saturated heterocycles. The van der Waals surface area contributed by atoms with Crippen LogP contribution >= 0.6 is 12.4 Å². The summed E-state index contributed by atoms with van der Waals surface area (Å²) >= 11 is 0. The van der Waals surface area contributed by atoms with Crippen molar-refractivity contribution in [2.45, 2.75) is 63.5 Å². The topological polar surface area (TPSA) is 32.3 Å². The second kappa shape index (κ2) is 6.25. The summed E-state index contributed by atoms with van der Waals surface area (Å²) in [7, 11) is 0. The summed E-state index contributed by atoms with van der Waals surface area (Å²) in [5.74, 6) is 1.27. The van der Waals surface area contributed by atoms with Gasteiger partial charge in [0.15, 0.2) is 0 Å². The molecule has 104 valence electrons. The molecule has 3 nitrogen and oxygen atoms in total. The Morgan fingerprint density at radius 2 is 1.89 bits per heavy atom. The lowest BCUT2D eigenvalue weighted by molar-refractivity contribution is -0.131. The number of rotatable bonds is 3. The molecule has 3 rings (SSSR count). The van der Waals surface area contributed by atoms with Gasteiger partial charge >= 0.3 is 0 Å². The Hall–Kier alpha value is -0.280. The number of nitrogens with zero attached hydrogens (tertiary/aromatic N) is 1. The average molecular weight is 273 g/mol. The molecule has 3 fully saturated rings. The summed E-state index contributed by atoms with van der Waals surface area (Å²) in [6.45, 7) is 1.94. The van der Waals surface area contributed by atoms with Gasteiger partial charge in [0.25, 0.3) is 0 Å². The first kappa shape index (κ1) is 14.1. The maximum atomic E-state index is 12.2. The molecule has 2 unspecified atom stereocenters. The predicted octanol–water partition coefficient (Wildman–Crippen LogP) is 2.34. The third kappa shape index (κ3) is 3.18. The highest BCUT2D eigenvalue weighted by Gasteiger charge is 2.31. The van der Waals surface area contributed by atoms with E-state index in [4.69, 9.17) is 0 Å². The molecule has 0 spiro atoms. The first-order chi connectivity index (χ1) is 8.31. The van der Waals surface area contributed by atoms with Crippen LogP contribution in [-0.4, -0.2) is 36.0 Å². The fourth-order valence-corrected chi connectivity index (χ4v) is 3.44. The molecule has 2 atom stereocenters. The smallest absolute Gasteiger partial charge is 0.222 e. The molecular weight excluding hydrogens is 248 g/mol.